The summed E-state index contributed by atoms with van der Waals surface area (Å²) >= 11 is 1.51. The number of aromatic nitrogens is 2. The SMILES string of the molecule is Cc1sc2nc(CCC(=O)NC(C)(CN)C(C)C)[nH]c(=O)c2c1C.Cl. The molecule has 8 heteroatoms. The number of thiophene rings is 1. The highest BCUT2D eigenvalue weighted by Gasteiger charge is 2.28. The van der Waals surface area contributed by atoms with Crippen molar-refractivity contribution >= 4 is 39.9 Å². The first-order valence-electron chi connectivity index (χ1n) is 8.18. The Hall–Kier alpha value is -1.44. The summed E-state index contributed by atoms with van der Waals surface area (Å²) < 4.78 is 0. The topological polar surface area (TPSA) is 101 Å². The number of carbonyl (C=O) groups is 1. The highest BCUT2D eigenvalue weighted by atomic mass is 35.5. The van der Waals surface area contributed by atoms with Gasteiger partial charge in [-0.1, -0.05) is 13.8 Å². The molecule has 6 nitrogen and oxygen atoms in total. The minimum absolute atomic E-state index is 0. The van der Waals surface area contributed by atoms with Gasteiger partial charge >= 0.3 is 0 Å². The zero-order valence-corrected chi connectivity index (χ0v) is 17.0. The van der Waals surface area contributed by atoms with Crippen molar-refractivity contribution in [3.05, 3.63) is 26.6 Å². The van der Waals surface area contributed by atoms with Crippen LogP contribution in [0.3, 0.4) is 0 Å². The smallest absolute Gasteiger partial charge is 0.259 e. The molecule has 2 aromatic rings. The van der Waals surface area contributed by atoms with Crippen LogP contribution >= 0.6 is 23.7 Å². The summed E-state index contributed by atoms with van der Waals surface area (Å²) in [5, 5.41) is 3.65. The standard InChI is InChI=1S/C17H26N4O2S.ClH/c1-9(2)17(5,8-18)21-13(22)7-6-12-19-15(23)14-10(3)11(4)24-16(14)20-12;/h9H,6-8,18H2,1-5H3,(H,21,22)(H,19,20,23);1H. The lowest BCUT2D eigenvalue weighted by Crippen LogP contribution is -2.55. The highest BCUT2D eigenvalue weighted by molar-refractivity contribution is 7.18. The maximum atomic E-state index is 12.2. The van der Waals surface area contributed by atoms with Crippen LogP contribution in [0.5, 0.6) is 0 Å². The third kappa shape index (κ3) is 4.59. The number of nitrogens with zero attached hydrogens (tertiary/aromatic N) is 1. The molecule has 140 valence electrons. The van der Waals surface area contributed by atoms with Gasteiger partial charge in [-0.15, -0.1) is 23.7 Å². The molecule has 2 heterocycles. The molecule has 4 N–H and O–H groups in total. The fraction of sp³-hybridized carbons (Fsp3) is 0.588. The van der Waals surface area contributed by atoms with Crippen molar-refractivity contribution in [3.8, 4) is 0 Å². The Morgan fingerprint density at radius 3 is 2.60 bits per heavy atom. The van der Waals surface area contributed by atoms with Gasteiger partial charge in [-0.05, 0) is 32.3 Å². The van der Waals surface area contributed by atoms with E-state index in [4.69, 9.17) is 5.73 Å². The molecular weight excluding hydrogens is 360 g/mol. The summed E-state index contributed by atoms with van der Waals surface area (Å²) in [6.45, 7) is 10.3. The first-order chi connectivity index (χ1) is 11.2. The number of carbonyl (C=O) groups excluding carboxylic acids is 1. The van der Waals surface area contributed by atoms with Gasteiger partial charge in [0.25, 0.3) is 5.56 Å². The van der Waals surface area contributed by atoms with Crippen molar-refractivity contribution in [3.63, 3.8) is 0 Å². The first-order valence-corrected chi connectivity index (χ1v) is 8.99. The van der Waals surface area contributed by atoms with Crippen LogP contribution in [0.15, 0.2) is 4.79 Å². The van der Waals surface area contributed by atoms with E-state index in [2.05, 4.69) is 15.3 Å². The Labute approximate surface area is 158 Å². The van der Waals surface area contributed by atoms with Crippen molar-refractivity contribution in [1.82, 2.24) is 15.3 Å². The molecule has 0 fully saturated rings. The van der Waals surface area contributed by atoms with Crippen LogP contribution in [0.2, 0.25) is 0 Å². The number of halogens is 1. The lowest BCUT2D eigenvalue weighted by molar-refractivity contribution is -0.123. The van der Waals surface area contributed by atoms with E-state index in [1.807, 2.05) is 34.6 Å². The van der Waals surface area contributed by atoms with Gasteiger partial charge in [0.1, 0.15) is 10.7 Å². The number of nitrogens with one attached hydrogen (secondary N) is 2. The second-order valence-electron chi connectivity index (χ2n) is 6.80. The molecular formula is C17H27ClN4O2S. The Balaban J connectivity index is 0.00000312. The van der Waals surface area contributed by atoms with Crippen LogP contribution in [-0.2, 0) is 11.2 Å². The zero-order chi connectivity index (χ0) is 18.1. The second kappa shape index (κ2) is 8.29. The van der Waals surface area contributed by atoms with Crippen molar-refractivity contribution in [2.45, 2.75) is 53.0 Å². The molecule has 1 amide bonds. The van der Waals surface area contributed by atoms with E-state index >= 15 is 0 Å². The molecule has 0 saturated carbocycles. The number of amides is 1. The molecule has 2 aromatic heterocycles. The van der Waals surface area contributed by atoms with Gasteiger partial charge in [0, 0.05) is 24.3 Å². The minimum atomic E-state index is -0.427. The van der Waals surface area contributed by atoms with Crippen LogP contribution in [0.25, 0.3) is 10.2 Å². The molecule has 2 rings (SSSR count). The predicted octanol–water partition coefficient (Wildman–Crippen LogP) is 2.45. The first kappa shape index (κ1) is 21.6. The molecule has 0 bridgehead atoms. The van der Waals surface area contributed by atoms with Gasteiger partial charge in [-0.25, -0.2) is 4.98 Å². The quantitative estimate of drug-likeness (QED) is 0.709. The van der Waals surface area contributed by atoms with Crippen molar-refractivity contribution in [2.24, 2.45) is 11.7 Å². The molecule has 0 aromatic carbocycles. The Bertz CT molecular complexity index is 815. The maximum absolute atomic E-state index is 12.2. The molecule has 0 spiro atoms. The number of hydrogen-bond acceptors (Lipinski definition) is 5. The number of aryl methyl sites for hydroxylation is 3. The van der Waals surface area contributed by atoms with Gasteiger partial charge in [0.05, 0.1) is 10.9 Å². The fourth-order valence-corrected chi connectivity index (χ4v) is 3.51. The predicted molar refractivity (Wildman–Crippen MR) is 106 cm³/mol. The molecule has 0 aliphatic heterocycles. The van der Waals surface area contributed by atoms with E-state index < -0.39 is 5.54 Å². The number of rotatable bonds is 6. The third-order valence-electron chi connectivity index (χ3n) is 4.80. The number of hydrogen-bond donors (Lipinski definition) is 3. The second-order valence-corrected chi connectivity index (χ2v) is 8.00. The summed E-state index contributed by atoms with van der Waals surface area (Å²) in [6, 6.07) is 0. The summed E-state index contributed by atoms with van der Waals surface area (Å²) in [4.78, 5) is 33.6. The Kier molecular flexibility index (Phi) is 7.17. The molecule has 25 heavy (non-hydrogen) atoms. The normalized spacial score (nSPS) is 13.6. The third-order valence-corrected chi connectivity index (χ3v) is 5.90. The van der Waals surface area contributed by atoms with E-state index in [0.717, 1.165) is 15.3 Å². The lowest BCUT2D eigenvalue weighted by atomic mass is 9.88. The monoisotopic (exact) mass is 386 g/mol. The van der Waals surface area contributed by atoms with Crippen LogP contribution in [0.4, 0.5) is 0 Å². The van der Waals surface area contributed by atoms with Gasteiger partial charge < -0.3 is 16.0 Å². The van der Waals surface area contributed by atoms with E-state index in [9.17, 15) is 9.59 Å². The average Bonchev–Trinajstić information content (AvgIpc) is 2.80. The van der Waals surface area contributed by atoms with E-state index in [-0.39, 0.29) is 36.2 Å². The molecule has 0 radical (unpaired) electrons. The molecule has 0 aliphatic carbocycles. The largest absolute Gasteiger partial charge is 0.349 e. The summed E-state index contributed by atoms with van der Waals surface area (Å²) in [6.07, 6.45) is 0.659. The van der Waals surface area contributed by atoms with Crippen molar-refractivity contribution < 1.29 is 4.79 Å². The van der Waals surface area contributed by atoms with E-state index in [1.165, 1.54) is 11.3 Å². The summed E-state index contributed by atoms with van der Waals surface area (Å²) in [5.41, 5.74) is 6.20. The van der Waals surface area contributed by atoms with Gasteiger partial charge in [-0.3, -0.25) is 9.59 Å². The maximum Gasteiger partial charge on any atom is 0.259 e. The van der Waals surface area contributed by atoms with Gasteiger partial charge in [0.15, 0.2) is 0 Å². The van der Waals surface area contributed by atoms with Crippen LogP contribution in [0.1, 0.15) is 43.5 Å². The van der Waals surface area contributed by atoms with E-state index in [0.29, 0.717) is 24.2 Å². The number of fused-ring (bicyclic) bond motifs is 1. The molecule has 1 unspecified atom stereocenters. The molecule has 1 atom stereocenters. The zero-order valence-electron chi connectivity index (χ0n) is 15.4. The Morgan fingerprint density at radius 2 is 2.04 bits per heavy atom. The number of nitrogens with two attached hydrogens (primary N) is 1. The van der Waals surface area contributed by atoms with Crippen molar-refractivity contribution in [2.75, 3.05) is 6.54 Å². The average molecular weight is 387 g/mol. The van der Waals surface area contributed by atoms with Crippen molar-refractivity contribution in [1.29, 1.82) is 0 Å². The van der Waals surface area contributed by atoms with Gasteiger partial charge in [-0.2, -0.15) is 0 Å². The lowest BCUT2D eigenvalue weighted by Gasteiger charge is -2.33. The number of H-pyrrole nitrogens is 1. The summed E-state index contributed by atoms with van der Waals surface area (Å²) in [5.74, 6) is 0.693. The fourth-order valence-electron chi connectivity index (χ4n) is 2.46. The molecule has 0 saturated heterocycles. The summed E-state index contributed by atoms with van der Waals surface area (Å²) in [7, 11) is 0. The Morgan fingerprint density at radius 1 is 1.40 bits per heavy atom. The number of aromatic amines is 1. The minimum Gasteiger partial charge on any atom is -0.349 e. The van der Waals surface area contributed by atoms with E-state index in [1.54, 1.807) is 0 Å². The molecule has 0 aliphatic rings. The highest BCUT2D eigenvalue weighted by Crippen LogP contribution is 2.25. The van der Waals surface area contributed by atoms with Crippen LogP contribution < -0.4 is 16.6 Å². The van der Waals surface area contributed by atoms with Gasteiger partial charge in [0.2, 0.25) is 5.91 Å². The van der Waals surface area contributed by atoms with Crippen LogP contribution in [0, 0.1) is 19.8 Å². The van der Waals surface area contributed by atoms with Crippen LogP contribution in [-0.4, -0.2) is 28.0 Å².